The number of amides is 1. The Hall–Kier alpha value is -3.34. The first-order valence-corrected chi connectivity index (χ1v) is 17.4. The normalized spacial score (nSPS) is 19.8. The van der Waals surface area contributed by atoms with Gasteiger partial charge in [-0.3, -0.25) is 4.79 Å². The van der Waals surface area contributed by atoms with Crippen molar-refractivity contribution < 1.29 is 49.8 Å². The van der Waals surface area contributed by atoms with Crippen LogP contribution in [0.5, 0.6) is 5.75 Å². The zero-order valence-corrected chi connectivity index (χ0v) is 28.1. The van der Waals surface area contributed by atoms with Crippen molar-refractivity contribution in [2.45, 2.75) is 94.0 Å². The molecule has 0 spiro atoms. The lowest BCUT2D eigenvalue weighted by molar-refractivity contribution is -0.192. The maximum Gasteiger partial charge on any atom is 0.490 e. The Morgan fingerprint density at radius 3 is 2.10 bits per heavy atom. The van der Waals surface area contributed by atoms with Gasteiger partial charge in [0.05, 0.1) is 11.5 Å². The molecule has 3 aromatic carbocycles. The summed E-state index contributed by atoms with van der Waals surface area (Å²) in [4.78, 5) is 24.0. The van der Waals surface area contributed by atoms with Crippen LogP contribution < -0.4 is 15.2 Å². The highest BCUT2D eigenvalue weighted by Gasteiger charge is 2.53. The number of rotatable bonds is 10. The number of hydrogen-bond donors (Lipinski definition) is 3. The van der Waals surface area contributed by atoms with E-state index in [0.717, 1.165) is 18.2 Å². The van der Waals surface area contributed by atoms with E-state index in [0.29, 0.717) is 47.9 Å². The highest BCUT2D eigenvalue weighted by Crippen LogP contribution is 2.40. The second-order valence-corrected chi connectivity index (χ2v) is 14.4. The number of alkyl halides is 5. The number of aliphatic carboxylic acids is 1. The number of piperidine rings is 1. The lowest BCUT2D eigenvalue weighted by Gasteiger charge is -2.41. The third kappa shape index (κ3) is 9.67. The quantitative estimate of drug-likeness (QED) is 0.149. The molecule has 2 fully saturated rings. The predicted molar refractivity (Wildman–Crippen MR) is 178 cm³/mol. The van der Waals surface area contributed by atoms with E-state index in [1.165, 1.54) is 41.3 Å². The molecule has 9 nitrogen and oxygen atoms in total. The fourth-order valence-corrected chi connectivity index (χ4v) is 7.35. The van der Waals surface area contributed by atoms with Crippen molar-refractivity contribution >= 4 is 48.6 Å². The maximum absolute atomic E-state index is 16.2. The number of carboxylic acids is 1. The van der Waals surface area contributed by atoms with E-state index in [9.17, 15) is 26.4 Å². The number of halogens is 6. The zero-order chi connectivity index (χ0) is 35.4. The van der Waals surface area contributed by atoms with Gasteiger partial charge in [-0.2, -0.15) is 26.7 Å². The molecule has 0 aliphatic carbocycles. The number of sulfonamides is 1. The highest BCUT2D eigenvalue weighted by molar-refractivity contribution is 9.10. The summed E-state index contributed by atoms with van der Waals surface area (Å²) >= 11 is 3.24. The van der Waals surface area contributed by atoms with Crippen LogP contribution in [-0.4, -0.2) is 67.3 Å². The van der Waals surface area contributed by atoms with Crippen LogP contribution in [0.15, 0.2) is 70.0 Å². The molecule has 49 heavy (non-hydrogen) atoms. The van der Waals surface area contributed by atoms with Crippen LogP contribution in [0.2, 0.25) is 0 Å². The first-order chi connectivity index (χ1) is 22.4. The summed E-state index contributed by atoms with van der Waals surface area (Å²) in [6.45, 7) is 2.64. The van der Waals surface area contributed by atoms with Gasteiger partial charge in [0.1, 0.15) is 5.75 Å². The summed E-state index contributed by atoms with van der Waals surface area (Å²) in [6, 6.07) is 11.9. The summed E-state index contributed by atoms with van der Waals surface area (Å²) in [5, 5.41) is 8.47. The molecule has 16 heteroatoms. The van der Waals surface area contributed by atoms with Crippen molar-refractivity contribution in [2.24, 2.45) is 5.73 Å². The fraction of sp³-hybridized carbons (Fsp3) is 0.455. The fourth-order valence-electron chi connectivity index (χ4n) is 5.86. The van der Waals surface area contributed by atoms with Gasteiger partial charge in [-0.05, 0) is 79.3 Å². The number of fused-ring (bicyclic) bond motifs is 3. The molecule has 2 aliphatic rings. The number of carboxylic acid groups (broad SMARTS) is 1. The summed E-state index contributed by atoms with van der Waals surface area (Å²) < 4.78 is 99.7. The summed E-state index contributed by atoms with van der Waals surface area (Å²) in [6.07, 6.45) is -0.860. The Morgan fingerprint density at radius 2 is 1.55 bits per heavy atom. The van der Waals surface area contributed by atoms with Crippen molar-refractivity contribution in [1.29, 1.82) is 0 Å². The summed E-state index contributed by atoms with van der Waals surface area (Å²) in [5.41, 5.74) is 5.68. The highest BCUT2D eigenvalue weighted by atomic mass is 79.9. The second kappa shape index (κ2) is 16.1. The SMILES string of the molecule is C.CCCCOc1ccc2cc(S(=O)(=O)N[C@@H](C(=O)N3C4CCC3CC(N)C4)C(F)(F)c3ccc(Br)cc3)ccc2c1.O=C(O)C(F)(F)F. The number of hydrogen-bond acceptors (Lipinski definition) is 6. The Labute approximate surface area is 290 Å². The van der Waals surface area contributed by atoms with Gasteiger partial charge in [-0.15, -0.1) is 0 Å². The van der Waals surface area contributed by atoms with E-state index in [1.807, 2.05) is 0 Å². The third-order valence-electron chi connectivity index (χ3n) is 8.24. The molecule has 1 amide bonds. The third-order valence-corrected chi connectivity index (χ3v) is 10.2. The molecular formula is C33H39BrF5N3O6S. The topological polar surface area (TPSA) is 139 Å². The standard InChI is InChI=1S/C30H34BrF2N3O4S.C2HF3O2.CH4/c1-2-3-14-40-26-12-4-20-16-27(13-5-19(20)15-26)41(38,39)35-28(30(32,33)21-6-8-22(31)9-7-21)29(37)36-24-10-11-25(36)18-23(34)17-24;3-2(4,5)1(6)7;/h4-9,12-13,15-16,23-25,28,35H,2-3,10-11,14,17-18,34H2,1H3;(H,6,7);1H4/t23?,24?,25?,28-;;/m0../s1. The molecule has 5 rings (SSSR count). The average molecular weight is 781 g/mol. The minimum atomic E-state index is -5.08. The number of carbonyl (C=O) groups is 2. The number of carbonyl (C=O) groups excluding carboxylic acids is 1. The van der Waals surface area contributed by atoms with E-state index in [2.05, 4.69) is 27.6 Å². The molecule has 0 radical (unpaired) electrons. The number of ether oxygens (including phenoxy) is 1. The lowest BCUT2D eigenvalue weighted by Crippen LogP contribution is -2.60. The van der Waals surface area contributed by atoms with Gasteiger partial charge in [0.15, 0.2) is 6.04 Å². The van der Waals surface area contributed by atoms with Crippen LogP contribution in [0.25, 0.3) is 10.8 Å². The van der Waals surface area contributed by atoms with Gasteiger partial charge < -0.3 is 20.5 Å². The molecule has 4 N–H and O–H groups in total. The van der Waals surface area contributed by atoms with Crippen LogP contribution in [0.3, 0.4) is 0 Å². The van der Waals surface area contributed by atoms with Crippen molar-refractivity contribution in [3.63, 3.8) is 0 Å². The van der Waals surface area contributed by atoms with E-state index < -0.39 is 45.6 Å². The van der Waals surface area contributed by atoms with E-state index >= 15 is 8.78 Å². The van der Waals surface area contributed by atoms with Crippen LogP contribution in [-0.2, 0) is 25.5 Å². The molecule has 2 heterocycles. The first-order valence-electron chi connectivity index (χ1n) is 15.1. The van der Waals surface area contributed by atoms with Crippen LogP contribution in [0.4, 0.5) is 22.0 Å². The van der Waals surface area contributed by atoms with Gasteiger partial charge >= 0.3 is 12.1 Å². The van der Waals surface area contributed by atoms with Crippen molar-refractivity contribution in [3.8, 4) is 5.75 Å². The average Bonchev–Trinajstić information content (AvgIpc) is 3.29. The summed E-state index contributed by atoms with van der Waals surface area (Å²) in [7, 11) is -4.53. The monoisotopic (exact) mass is 779 g/mol. The Morgan fingerprint density at radius 1 is 1.00 bits per heavy atom. The van der Waals surface area contributed by atoms with Crippen molar-refractivity contribution in [1.82, 2.24) is 9.62 Å². The molecule has 0 aromatic heterocycles. The largest absolute Gasteiger partial charge is 0.494 e. The van der Waals surface area contributed by atoms with Crippen molar-refractivity contribution in [2.75, 3.05) is 6.61 Å². The van der Waals surface area contributed by atoms with E-state index in [4.69, 9.17) is 20.4 Å². The smallest absolute Gasteiger partial charge is 0.490 e. The van der Waals surface area contributed by atoms with Crippen LogP contribution >= 0.6 is 15.9 Å². The van der Waals surface area contributed by atoms with Gasteiger partial charge in [-0.25, -0.2) is 13.2 Å². The van der Waals surface area contributed by atoms with Crippen LogP contribution in [0, 0.1) is 0 Å². The molecule has 3 atom stereocenters. The number of unbranched alkanes of at least 4 members (excludes halogenated alkanes) is 1. The van der Waals surface area contributed by atoms with E-state index in [-0.39, 0.29) is 30.4 Å². The van der Waals surface area contributed by atoms with Gasteiger partial charge in [0.2, 0.25) is 15.9 Å². The van der Waals surface area contributed by atoms with Gasteiger partial charge in [0, 0.05) is 28.2 Å². The minimum Gasteiger partial charge on any atom is -0.494 e. The molecule has 2 unspecified atom stereocenters. The number of nitrogens with zero attached hydrogens (tertiary/aromatic N) is 1. The maximum atomic E-state index is 16.2. The number of nitrogens with two attached hydrogens (primary N) is 1. The number of benzene rings is 3. The molecule has 2 bridgehead atoms. The molecule has 0 saturated carbocycles. The van der Waals surface area contributed by atoms with Gasteiger partial charge in [-0.1, -0.05) is 61.0 Å². The second-order valence-electron chi connectivity index (χ2n) is 11.7. The molecular weight excluding hydrogens is 741 g/mol. The van der Waals surface area contributed by atoms with Gasteiger partial charge in [0.25, 0.3) is 5.92 Å². The van der Waals surface area contributed by atoms with E-state index in [1.54, 1.807) is 24.3 Å². The molecule has 270 valence electrons. The minimum absolute atomic E-state index is 0. The first kappa shape index (κ1) is 40.1. The predicted octanol–water partition coefficient (Wildman–Crippen LogP) is 6.97. The summed E-state index contributed by atoms with van der Waals surface area (Å²) in [5.74, 6) is -6.86. The van der Waals surface area contributed by atoms with Crippen molar-refractivity contribution in [3.05, 3.63) is 70.7 Å². The van der Waals surface area contributed by atoms with Crippen LogP contribution in [0.1, 0.15) is 58.4 Å². The molecule has 2 aliphatic heterocycles. The Bertz CT molecular complexity index is 1710. The number of nitrogens with one attached hydrogen (secondary N) is 1. The zero-order valence-electron chi connectivity index (χ0n) is 25.7. The molecule has 2 saturated heterocycles. The Kier molecular flexibility index (Phi) is 13.2. The lowest BCUT2D eigenvalue weighted by atomic mass is 9.95. The molecule has 3 aromatic rings. The Balaban J connectivity index is 0.000000735.